The molecule has 2 saturated heterocycles. The zero-order chi connectivity index (χ0) is 11.8. The minimum Gasteiger partial charge on any atom is -0.386 e. The fourth-order valence-corrected chi connectivity index (χ4v) is 2.75. The number of rotatable bonds is 3. The monoisotopic (exact) mass is 226 g/mol. The van der Waals surface area contributed by atoms with Gasteiger partial charge in [-0.3, -0.25) is 4.79 Å². The van der Waals surface area contributed by atoms with Gasteiger partial charge >= 0.3 is 0 Å². The maximum absolute atomic E-state index is 12.4. The summed E-state index contributed by atoms with van der Waals surface area (Å²) in [4.78, 5) is 14.2. The Morgan fingerprint density at radius 3 is 2.50 bits per heavy atom. The standard InChI is InChI=1S/C12H22N2O2/c1-3-11(5-6-13-7-11)10(15)14-8-12(16,4-2)9-14/h13,16H,3-9H2,1-2H3. The molecule has 1 unspecified atom stereocenters. The Labute approximate surface area is 97.0 Å². The van der Waals surface area contributed by atoms with E-state index in [4.69, 9.17) is 0 Å². The maximum atomic E-state index is 12.4. The Morgan fingerprint density at radius 1 is 1.38 bits per heavy atom. The fourth-order valence-electron chi connectivity index (χ4n) is 2.75. The van der Waals surface area contributed by atoms with E-state index < -0.39 is 5.60 Å². The molecule has 0 aliphatic carbocycles. The maximum Gasteiger partial charge on any atom is 0.230 e. The molecule has 4 heteroatoms. The summed E-state index contributed by atoms with van der Waals surface area (Å²) in [7, 11) is 0. The molecule has 2 aliphatic heterocycles. The van der Waals surface area contributed by atoms with Crippen LogP contribution in [0.1, 0.15) is 33.1 Å². The van der Waals surface area contributed by atoms with Crippen molar-refractivity contribution in [1.82, 2.24) is 10.2 Å². The van der Waals surface area contributed by atoms with Crippen molar-refractivity contribution in [2.24, 2.45) is 5.41 Å². The summed E-state index contributed by atoms with van der Waals surface area (Å²) < 4.78 is 0. The van der Waals surface area contributed by atoms with Crippen LogP contribution < -0.4 is 5.32 Å². The molecule has 92 valence electrons. The third-order valence-electron chi connectivity index (χ3n) is 4.29. The first-order valence-electron chi connectivity index (χ1n) is 6.28. The van der Waals surface area contributed by atoms with Crippen molar-refractivity contribution in [3.05, 3.63) is 0 Å². The summed E-state index contributed by atoms with van der Waals surface area (Å²) in [5.41, 5.74) is -0.814. The lowest BCUT2D eigenvalue weighted by molar-refractivity contribution is -0.165. The van der Waals surface area contributed by atoms with Gasteiger partial charge in [0.25, 0.3) is 0 Å². The SMILES string of the molecule is CCC1(O)CN(C(=O)C2(CC)CCNC2)C1. The van der Waals surface area contributed by atoms with Crippen LogP contribution in [0.4, 0.5) is 0 Å². The molecule has 2 fully saturated rings. The van der Waals surface area contributed by atoms with Crippen LogP contribution in [-0.4, -0.2) is 47.7 Å². The first-order chi connectivity index (χ1) is 7.55. The topological polar surface area (TPSA) is 52.6 Å². The minimum absolute atomic E-state index is 0.199. The number of nitrogens with one attached hydrogen (secondary N) is 1. The second-order valence-corrected chi connectivity index (χ2v) is 5.30. The molecule has 0 bridgehead atoms. The van der Waals surface area contributed by atoms with Gasteiger partial charge in [-0.25, -0.2) is 0 Å². The Kier molecular flexibility index (Phi) is 2.97. The zero-order valence-electron chi connectivity index (χ0n) is 10.3. The summed E-state index contributed by atoms with van der Waals surface area (Å²) in [5, 5.41) is 13.2. The molecule has 16 heavy (non-hydrogen) atoms. The molecule has 0 radical (unpaired) electrons. The highest BCUT2D eigenvalue weighted by atomic mass is 16.3. The van der Waals surface area contributed by atoms with Crippen LogP contribution in [0.3, 0.4) is 0 Å². The lowest BCUT2D eigenvalue weighted by atomic mass is 9.80. The third-order valence-corrected chi connectivity index (χ3v) is 4.29. The van der Waals surface area contributed by atoms with Crippen molar-refractivity contribution < 1.29 is 9.90 Å². The second kappa shape index (κ2) is 4.00. The molecule has 0 aromatic rings. The van der Waals surface area contributed by atoms with E-state index in [0.717, 1.165) is 32.4 Å². The molecular weight excluding hydrogens is 204 g/mol. The highest BCUT2D eigenvalue weighted by molar-refractivity contribution is 5.84. The van der Waals surface area contributed by atoms with Crippen LogP contribution in [0.15, 0.2) is 0 Å². The molecule has 1 atom stereocenters. The molecule has 2 rings (SSSR count). The van der Waals surface area contributed by atoms with E-state index in [-0.39, 0.29) is 11.3 Å². The van der Waals surface area contributed by atoms with E-state index in [2.05, 4.69) is 12.2 Å². The highest BCUT2D eigenvalue weighted by Gasteiger charge is 2.49. The molecule has 0 saturated carbocycles. The van der Waals surface area contributed by atoms with E-state index in [1.165, 1.54) is 0 Å². The smallest absolute Gasteiger partial charge is 0.230 e. The molecule has 0 aromatic heterocycles. The number of likely N-dealkylation sites (tertiary alicyclic amines) is 1. The largest absolute Gasteiger partial charge is 0.386 e. The summed E-state index contributed by atoms with van der Waals surface area (Å²) in [6.45, 7) is 6.81. The number of amides is 1. The van der Waals surface area contributed by atoms with Gasteiger partial charge in [0.05, 0.1) is 24.1 Å². The van der Waals surface area contributed by atoms with Crippen LogP contribution in [0.25, 0.3) is 0 Å². The van der Waals surface area contributed by atoms with Crippen molar-refractivity contribution in [2.45, 2.75) is 38.7 Å². The first kappa shape index (κ1) is 11.9. The Morgan fingerprint density at radius 2 is 2.06 bits per heavy atom. The average molecular weight is 226 g/mol. The molecule has 0 spiro atoms. The van der Waals surface area contributed by atoms with E-state index in [1.54, 1.807) is 0 Å². The van der Waals surface area contributed by atoms with Crippen molar-refractivity contribution in [3.63, 3.8) is 0 Å². The fraction of sp³-hybridized carbons (Fsp3) is 0.917. The van der Waals surface area contributed by atoms with Gasteiger partial charge in [0, 0.05) is 6.54 Å². The van der Waals surface area contributed by atoms with E-state index in [1.807, 2.05) is 11.8 Å². The number of carbonyl (C=O) groups is 1. The number of β-amino-alcohol motifs (C(OH)–C–C–N with tert-alkyl or cyclic N) is 1. The predicted octanol–water partition coefficient (Wildman–Crippen LogP) is 0.359. The van der Waals surface area contributed by atoms with Gasteiger partial charge in [-0.05, 0) is 25.8 Å². The van der Waals surface area contributed by atoms with Gasteiger partial charge in [0.1, 0.15) is 0 Å². The lowest BCUT2D eigenvalue weighted by Gasteiger charge is -2.49. The number of aliphatic hydroxyl groups is 1. The zero-order valence-corrected chi connectivity index (χ0v) is 10.3. The quantitative estimate of drug-likeness (QED) is 0.730. The Bertz CT molecular complexity index is 279. The Balaban J connectivity index is 1.98. The highest BCUT2D eigenvalue weighted by Crippen LogP contribution is 2.35. The summed E-state index contributed by atoms with van der Waals surface area (Å²) in [6, 6.07) is 0. The lowest BCUT2D eigenvalue weighted by Crippen LogP contribution is -2.65. The second-order valence-electron chi connectivity index (χ2n) is 5.30. The first-order valence-corrected chi connectivity index (χ1v) is 6.28. The number of nitrogens with zero attached hydrogens (tertiary/aromatic N) is 1. The predicted molar refractivity (Wildman–Crippen MR) is 62.0 cm³/mol. The van der Waals surface area contributed by atoms with Crippen LogP contribution in [-0.2, 0) is 4.79 Å². The van der Waals surface area contributed by atoms with Crippen LogP contribution in [0.5, 0.6) is 0 Å². The average Bonchev–Trinajstić information content (AvgIpc) is 2.73. The van der Waals surface area contributed by atoms with Crippen LogP contribution >= 0.6 is 0 Å². The van der Waals surface area contributed by atoms with Gasteiger partial charge in [-0.1, -0.05) is 13.8 Å². The van der Waals surface area contributed by atoms with Gasteiger partial charge in [-0.2, -0.15) is 0 Å². The molecule has 2 heterocycles. The van der Waals surface area contributed by atoms with Crippen molar-refractivity contribution >= 4 is 5.91 Å². The van der Waals surface area contributed by atoms with E-state index in [9.17, 15) is 9.90 Å². The summed E-state index contributed by atoms with van der Waals surface area (Å²) in [5.74, 6) is 0.234. The molecule has 2 aliphatic rings. The summed E-state index contributed by atoms with van der Waals surface area (Å²) >= 11 is 0. The summed E-state index contributed by atoms with van der Waals surface area (Å²) in [6.07, 6.45) is 2.55. The minimum atomic E-state index is -0.614. The normalized spacial score (nSPS) is 32.6. The van der Waals surface area contributed by atoms with Crippen molar-refractivity contribution in [3.8, 4) is 0 Å². The van der Waals surface area contributed by atoms with Gasteiger partial charge in [0.15, 0.2) is 0 Å². The molecule has 2 N–H and O–H groups in total. The van der Waals surface area contributed by atoms with Crippen LogP contribution in [0.2, 0.25) is 0 Å². The molecule has 0 aromatic carbocycles. The third kappa shape index (κ3) is 1.74. The van der Waals surface area contributed by atoms with Crippen molar-refractivity contribution in [1.29, 1.82) is 0 Å². The van der Waals surface area contributed by atoms with E-state index >= 15 is 0 Å². The molecule has 4 nitrogen and oxygen atoms in total. The molecule has 1 amide bonds. The molecular formula is C12H22N2O2. The Hall–Kier alpha value is -0.610. The number of hydrogen-bond acceptors (Lipinski definition) is 3. The van der Waals surface area contributed by atoms with Crippen molar-refractivity contribution in [2.75, 3.05) is 26.2 Å². The van der Waals surface area contributed by atoms with Crippen LogP contribution in [0, 0.1) is 5.41 Å². The number of hydrogen-bond donors (Lipinski definition) is 2. The van der Waals surface area contributed by atoms with Gasteiger partial charge < -0.3 is 15.3 Å². The van der Waals surface area contributed by atoms with Gasteiger partial charge in [0.2, 0.25) is 5.91 Å². The van der Waals surface area contributed by atoms with E-state index in [0.29, 0.717) is 13.1 Å². The van der Waals surface area contributed by atoms with Gasteiger partial charge in [-0.15, -0.1) is 0 Å². The number of carbonyl (C=O) groups excluding carboxylic acids is 1.